The SMILES string of the molecule is NC1=CC=C(C(F)(F)F)C=CC1. The first kappa shape index (κ1) is 8.90. The molecule has 0 aromatic carbocycles. The van der Waals surface area contributed by atoms with E-state index in [0.29, 0.717) is 12.1 Å². The van der Waals surface area contributed by atoms with Crippen molar-refractivity contribution in [2.75, 3.05) is 0 Å². The summed E-state index contributed by atoms with van der Waals surface area (Å²) in [7, 11) is 0. The first-order chi connectivity index (χ1) is 5.50. The molecule has 0 saturated heterocycles. The molecule has 1 aliphatic rings. The van der Waals surface area contributed by atoms with Crippen LogP contribution in [-0.4, -0.2) is 6.18 Å². The van der Waals surface area contributed by atoms with E-state index in [-0.39, 0.29) is 0 Å². The molecule has 0 atom stereocenters. The van der Waals surface area contributed by atoms with Gasteiger partial charge in [0.25, 0.3) is 0 Å². The third-order valence-electron chi connectivity index (χ3n) is 1.46. The molecule has 0 amide bonds. The largest absolute Gasteiger partial charge is 0.416 e. The maximum atomic E-state index is 12.1. The van der Waals surface area contributed by atoms with Gasteiger partial charge in [-0.25, -0.2) is 0 Å². The highest BCUT2D eigenvalue weighted by atomic mass is 19.4. The van der Waals surface area contributed by atoms with E-state index in [4.69, 9.17) is 5.73 Å². The molecule has 0 fully saturated rings. The van der Waals surface area contributed by atoms with E-state index < -0.39 is 11.7 Å². The van der Waals surface area contributed by atoms with Crippen molar-refractivity contribution in [2.24, 2.45) is 5.73 Å². The quantitative estimate of drug-likeness (QED) is 0.600. The lowest BCUT2D eigenvalue weighted by atomic mass is 10.2. The lowest BCUT2D eigenvalue weighted by Gasteiger charge is -2.04. The second kappa shape index (κ2) is 3.05. The highest BCUT2D eigenvalue weighted by Crippen LogP contribution is 2.27. The minimum absolute atomic E-state index is 0.371. The van der Waals surface area contributed by atoms with Gasteiger partial charge in [-0.3, -0.25) is 0 Å². The maximum absolute atomic E-state index is 12.1. The Morgan fingerprint density at radius 3 is 2.50 bits per heavy atom. The summed E-state index contributed by atoms with van der Waals surface area (Å²) in [5.41, 5.74) is 5.11. The van der Waals surface area contributed by atoms with Crippen LogP contribution >= 0.6 is 0 Å². The molecule has 1 aliphatic carbocycles. The zero-order valence-corrected chi connectivity index (χ0v) is 6.23. The molecule has 1 nitrogen and oxygen atoms in total. The summed E-state index contributed by atoms with van der Waals surface area (Å²) in [6, 6.07) is 0. The summed E-state index contributed by atoms with van der Waals surface area (Å²) in [4.78, 5) is 0. The van der Waals surface area contributed by atoms with Crippen LogP contribution in [0.4, 0.5) is 13.2 Å². The molecule has 0 radical (unpaired) electrons. The lowest BCUT2D eigenvalue weighted by Crippen LogP contribution is -2.09. The van der Waals surface area contributed by atoms with Gasteiger partial charge < -0.3 is 5.73 Å². The number of rotatable bonds is 0. The van der Waals surface area contributed by atoms with E-state index in [1.165, 1.54) is 12.2 Å². The van der Waals surface area contributed by atoms with Crippen molar-refractivity contribution >= 4 is 0 Å². The molecular weight excluding hydrogens is 167 g/mol. The average molecular weight is 175 g/mol. The topological polar surface area (TPSA) is 26.0 Å². The Bertz CT molecular complexity index is 258. The van der Waals surface area contributed by atoms with Crippen LogP contribution in [0, 0.1) is 0 Å². The third-order valence-corrected chi connectivity index (χ3v) is 1.46. The van der Waals surface area contributed by atoms with Crippen molar-refractivity contribution in [1.29, 1.82) is 0 Å². The molecule has 0 aliphatic heterocycles. The predicted octanol–water partition coefficient (Wildman–Crippen LogP) is 2.28. The van der Waals surface area contributed by atoms with Gasteiger partial charge in [-0.1, -0.05) is 12.2 Å². The van der Waals surface area contributed by atoms with Crippen LogP contribution in [-0.2, 0) is 0 Å². The number of allylic oxidation sites excluding steroid dienone is 5. The minimum Gasteiger partial charge on any atom is -0.402 e. The second-order valence-electron chi connectivity index (χ2n) is 2.47. The van der Waals surface area contributed by atoms with E-state index in [1.54, 1.807) is 0 Å². The van der Waals surface area contributed by atoms with Crippen LogP contribution in [0.25, 0.3) is 0 Å². The molecule has 0 aromatic rings. The van der Waals surface area contributed by atoms with E-state index in [9.17, 15) is 13.2 Å². The van der Waals surface area contributed by atoms with E-state index in [2.05, 4.69) is 0 Å². The van der Waals surface area contributed by atoms with Crippen LogP contribution in [0.1, 0.15) is 6.42 Å². The summed E-state index contributed by atoms with van der Waals surface area (Å²) in [6.45, 7) is 0. The lowest BCUT2D eigenvalue weighted by molar-refractivity contribution is -0.0881. The fourth-order valence-electron chi connectivity index (χ4n) is 0.831. The smallest absolute Gasteiger partial charge is 0.402 e. The number of hydrogen-bond donors (Lipinski definition) is 1. The maximum Gasteiger partial charge on any atom is 0.416 e. The Balaban J connectivity index is 2.92. The van der Waals surface area contributed by atoms with Crippen molar-refractivity contribution in [3.05, 3.63) is 35.6 Å². The van der Waals surface area contributed by atoms with Crippen LogP contribution in [0.5, 0.6) is 0 Å². The molecule has 12 heavy (non-hydrogen) atoms. The van der Waals surface area contributed by atoms with Crippen LogP contribution < -0.4 is 5.73 Å². The highest BCUT2D eigenvalue weighted by Gasteiger charge is 2.31. The van der Waals surface area contributed by atoms with Crippen LogP contribution in [0.2, 0.25) is 0 Å². The van der Waals surface area contributed by atoms with Gasteiger partial charge in [-0.05, 0) is 12.2 Å². The summed E-state index contributed by atoms with van der Waals surface area (Å²) in [5, 5.41) is 0. The molecule has 0 heterocycles. The second-order valence-corrected chi connectivity index (χ2v) is 2.47. The summed E-state index contributed by atoms with van der Waals surface area (Å²) >= 11 is 0. The Hall–Kier alpha value is -1.19. The van der Waals surface area contributed by atoms with Gasteiger partial charge in [0.15, 0.2) is 0 Å². The van der Waals surface area contributed by atoms with Gasteiger partial charge in [-0.15, -0.1) is 0 Å². The Morgan fingerprint density at radius 2 is 1.92 bits per heavy atom. The van der Waals surface area contributed by atoms with Gasteiger partial charge in [0.1, 0.15) is 0 Å². The number of alkyl halides is 3. The molecule has 0 unspecified atom stereocenters. The first-order valence-electron chi connectivity index (χ1n) is 3.40. The Labute approximate surface area is 68.1 Å². The van der Waals surface area contributed by atoms with Gasteiger partial charge >= 0.3 is 6.18 Å². The zero-order valence-electron chi connectivity index (χ0n) is 6.23. The van der Waals surface area contributed by atoms with Crippen molar-refractivity contribution < 1.29 is 13.2 Å². The van der Waals surface area contributed by atoms with Gasteiger partial charge in [-0.2, -0.15) is 13.2 Å². The zero-order chi connectivity index (χ0) is 9.19. The molecule has 0 saturated carbocycles. The molecule has 4 heteroatoms. The van der Waals surface area contributed by atoms with E-state index in [1.807, 2.05) is 0 Å². The average Bonchev–Trinajstić information content (AvgIpc) is 2.11. The van der Waals surface area contributed by atoms with Gasteiger partial charge in [0.2, 0.25) is 0 Å². The number of halogens is 3. The predicted molar refractivity (Wildman–Crippen MR) is 40.2 cm³/mol. The van der Waals surface area contributed by atoms with Crippen molar-refractivity contribution in [2.45, 2.75) is 12.6 Å². The van der Waals surface area contributed by atoms with Crippen molar-refractivity contribution in [3.8, 4) is 0 Å². The normalized spacial score (nSPS) is 18.2. The first-order valence-corrected chi connectivity index (χ1v) is 3.40. The minimum atomic E-state index is -4.28. The number of hydrogen-bond acceptors (Lipinski definition) is 1. The van der Waals surface area contributed by atoms with Gasteiger partial charge in [0.05, 0.1) is 5.57 Å². The van der Waals surface area contributed by atoms with Crippen molar-refractivity contribution in [3.63, 3.8) is 0 Å². The fourth-order valence-corrected chi connectivity index (χ4v) is 0.831. The monoisotopic (exact) mass is 175 g/mol. The van der Waals surface area contributed by atoms with Crippen LogP contribution in [0.3, 0.4) is 0 Å². The Morgan fingerprint density at radius 1 is 1.25 bits per heavy atom. The number of nitrogens with two attached hydrogens (primary N) is 1. The Kier molecular flexibility index (Phi) is 2.26. The molecule has 2 N–H and O–H groups in total. The molecule has 0 bridgehead atoms. The van der Waals surface area contributed by atoms with Crippen LogP contribution in [0.15, 0.2) is 35.6 Å². The molecule has 0 aromatic heterocycles. The fraction of sp³-hybridized carbons (Fsp3) is 0.250. The molecule has 1 rings (SSSR count). The van der Waals surface area contributed by atoms with Gasteiger partial charge in [0, 0.05) is 12.1 Å². The summed E-state index contributed by atoms with van der Waals surface area (Å²) < 4.78 is 36.2. The van der Waals surface area contributed by atoms with E-state index in [0.717, 1.165) is 12.2 Å². The summed E-state index contributed by atoms with van der Waals surface area (Å²) in [6.07, 6.45) is 0.796. The highest BCUT2D eigenvalue weighted by molar-refractivity contribution is 5.32. The molecule has 66 valence electrons. The summed E-state index contributed by atoms with van der Waals surface area (Å²) in [5.74, 6) is 0. The third kappa shape index (κ3) is 2.15. The van der Waals surface area contributed by atoms with Crippen molar-refractivity contribution in [1.82, 2.24) is 0 Å². The molecule has 0 spiro atoms. The van der Waals surface area contributed by atoms with E-state index >= 15 is 0 Å². The standard InChI is InChI=1S/C8H8F3N/c9-8(10,11)6-2-1-3-7(12)5-4-6/h1-2,4-5H,3,12H2. The molecular formula is C8H8F3N.